The van der Waals surface area contributed by atoms with Crippen molar-refractivity contribution in [3.05, 3.63) is 102 Å². The molecule has 0 radical (unpaired) electrons. The highest BCUT2D eigenvalue weighted by molar-refractivity contribution is 5.95. The lowest BCUT2D eigenvalue weighted by atomic mass is 10.1. The van der Waals surface area contributed by atoms with E-state index >= 15 is 0 Å². The summed E-state index contributed by atoms with van der Waals surface area (Å²) in [5.74, 6) is -0.155. The number of ketones is 1. The first-order valence-corrected chi connectivity index (χ1v) is 8.12. The van der Waals surface area contributed by atoms with Crippen LogP contribution in [0.25, 0.3) is 0 Å². The summed E-state index contributed by atoms with van der Waals surface area (Å²) in [6.07, 6.45) is 3.48. The van der Waals surface area contributed by atoms with E-state index in [9.17, 15) is 9.59 Å². The van der Waals surface area contributed by atoms with E-state index in [4.69, 9.17) is 0 Å². The summed E-state index contributed by atoms with van der Waals surface area (Å²) in [7, 11) is 0. The molecular weight excluding hydrogens is 392 g/mol. The second kappa shape index (κ2) is 9.63. The summed E-state index contributed by atoms with van der Waals surface area (Å²) in [6.45, 7) is 0.668. The first kappa shape index (κ1) is 19.5. The number of pyridine rings is 1. The molecule has 0 aliphatic carbocycles. The highest BCUT2D eigenvalue weighted by Gasteiger charge is 2.14. The lowest BCUT2D eigenvalue weighted by Crippen LogP contribution is -3.00. The average Bonchev–Trinajstić information content (AvgIpc) is 2.68. The molecule has 5 heteroatoms. The fraction of sp³-hybridized carbons (Fsp3) is 0.0952. The molecule has 3 aromatic rings. The highest BCUT2D eigenvalue weighted by atomic mass is 79.9. The number of rotatable bonds is 6. The molecule has 0 saturated carbocycles. The van der Waals surface area contributed by atoms with Crippen molar-refractivity contribution in [2.24, 2.45) is 0 Å². The third kappa shape index (κ3) is 5.36. The summed E-state index contributed by atoms with van der Waals surface area (Å²) >= 11 is 0. The fourth-order valence-corrected chi connectivity index (χ4v) is 2.52. The number of aromatic nitrogens is 1. The van der Waals surface area contributed by atoms with Crippen molar-refractivity contribution < 1.29 is 31.1 Å². The van der Waals surface area contributed by atoms with Gasteiger partial charge in [0.15, 0.2) is 12.4 Å². The molecule has 0 fully saturated rings. The van der Waals surface area contributed by atoms with Crippen LogP contribution in [0.4, 0.5) is 0 Å². The molecule has 1 N–H and O–H groups in total. The van der Waals surface area contributed by atoms with Crippen molar-refractivity contribution in [1.29, 1.82) is 0 Å². The van der Waals surface area contributed by atoms with Gasteiger partial charge in [-0.15, -0.1) is 0 Å². The SMILES string of the molecule is O=C(C[n+]1cccc(C(=O)NCc2ccccc2)c1)c1ccccc1.[Br-]. The Balaban J connectivity index is 0.00000243. The lowest BCUT2D eigenvalue weighted by molar-refractivity contribution is -0.683. The Kier molecular flexibility index (Phi) is 7.24. The second-order valence-electron chi connectivity index (χ2n) is 5.72. The molecule has 0 aliphatic rings. The van der Waals surface area contributed by atoms with Crippen LogP contribution in [0.2, 0.25) is 0 Å². The van der Waals surface area contributed by atoms with E-state index in [1.165, 1.54) is 0 Å². The van der Waals surface area contributed by atoms with Crippen molar-refractivity contribution in [3.63, 3.8) is 0 Å². The predicted octanol–water partition coefficient (Wildman–Crippen LogP) is -0.209. The molecule has 132 valence electrons. The molecule has 2 aromatic carbocycles. The number of nitrogens with zero attached hydrogens (tertiary/aromatic N) is 1. The van der Waals surface area contributed by atoms with Gasteiger partial charge in [-0.1, -0.05) is 60.7 Å². The summed E-state index contributed by atoms with van der Waals surface area (Å²) in [5.41, 5.74) is 2.23. The number of hydrogen-bond acceptors (Lipinski definition) is 2. The van der Waals surface area contributed by atoms with Gasteiger partial charge in [-0.25, -0.2) is 0 Å². The molecule has 0 spiro atoms. The lowest BCUT2D eigenvalue weighted by Gasteiger charge is -2.05. The molecule has 0 atom stereocenters. The molecular formula is C21H19BrN2O2. The van der Waals surface area contributed by atoms with Crippen molar-refractivity contribution in [2.45, 2.75) is 13.1 Å². The Hall–Kier alpha value is -2.79. The third-order valence-electron chi connectivity index (χ3n) is 3.84. The second-order valence-corrected chi connectivity index (χ2v) is 5.72. The number of carbonyl (C=O) groups is 2. The Morgan fingerprint density at radius 3 is 2.12 bits per heavy atom. The topological polar surface area (TPSA) is 50.0 Å². The van der Waals surface area contributed by atoms with Crippen molar-refractivity contribution >= 4 is 11.7 Å². The number of carbonyl (C=O) groups excluding carboxylic acids is 2. The first-order chi connectivity index (χ1) is 12.2. The van der Waals surface area contributed by atoms with Gasteiger partial charge < -0.3 is 22.3 Å². The van der Waals surface area contributed by atoms with Crippen LogP contribution in [-0.4, -0.2) is 11.7 Å². The van der Waals surface area contributed by atoms with E-state index in [2.05, 4.69) is 5.32 Å². The van der Waals surface area contributed by atoms with Gasteiger partial charge in [0, 0.05) is 18.2 Å². The molecule has 0 unspecified atom stereocenters. The van der Waals surface area contributed by atoms with E-state index in [0.29, 0.717) is 17.7 Å². The number of amides is 1. The summed E-state index contributed by atoms with van der Waals surface area (Å²) in [6, 6.07) is 22.4. The van der Waals surface area contributed by atoms with Crippen LogP contribution in [-0.2, 0) is 13.1 Å². The normalized spacial score (nSPS) is 9.85. The van der Waals surface area contributed by atoms with Crippen LogP contribution in [0.15, 0.2) is 85.2 Å². The zero-order chi connectivity index (χ0) is 17.5. The molecule has 0 saturated heterocycles. The highest BCUT2D eigenvalue weighted by Crippen LogP contribution is 2.02. The van der Waals surface area contributed by atoms with Crippen LogP contribution >= 0.6 is 0 Å². The van der Waals surface area contributed by atoms with Crippen LogP contribution in [0.5, 0.6) is 0 Å². The van der Waals surface area contributed by atoms with E-state index in [1.54, 1.807) is 41.2 Å². The van der Waals surface area contributed by atoms with Gasteiger partial charge in [0.05, 0.1) is 0 Å². The van der Waals surface area contributed by atoms with E-state index in [-0.39, 0.29) is 35.2 Å². The zero-order valence-electron chi connectivity index (χ0n) is 14.1. The minimum Gasteiger partial charge on any atom is -1.00 e. The molecule has 0 aliphatic heterocycles. The molecule has 1 amide bonds. The number of Topliss-reactive ketones (excluding diaryl/α,β-unsaturated/α-hetero) is 1. The molecule has 4 nitrogen and oxygen atoms in total. The monoisotopic (exact) mass is 410 g/mol. The van der Waals surface area contributed by atoms with Gasteiger partial charge in [0.25, 0.3) is 5.91 Å². The molecule has 1 aromatic heterocycles. The summed E-state index contributed by atoms with van der Waals surface area (Å²) in [5, 5.41) is 2.89. The maximum absolute atomic E-state index is 12.3. The van der Waals surface area contributed by atoms with E-state index in [0.717, 1.165) is 5.56 Å². The number of nitrogens with one attached hydrogen (secondary N) is 1. The third-order valence-corrected chi connectivity index (χ3v) is 3.84. The molecule has 0 bridgehead atoms. The number of hydrogen-bond donors (Lipinski definition) is 1. The standard InChI is InChI=1S/C21H18N2O2.BrH/c24-20(18-10-5-2-6-11-18)16-23-13-7-12-19(15-23)21(25)22-14-17-8-3-1-4-9-17;/h1-13,15H,14,16H2;1H. The Labute approximate surface area is 163 Å². The van der Waals surface area contributed by atoms with Gasteiger partial charge >= 0.3 is 0 Å². The Morgan fingerprint density at radius 1 is 0.808 bits per heavy atom. The van der Waals surface area contributed by atoms with Crippen LogP contribution in [0.3, 0.4) is 0 Å². The fourth-order valence-electron chi connectivity index (χ4n) is 2.52. The van der Waals surface area contributed by atoms with Gasteiger partial charge in [0.1, 0.15) is 5.56 Å². The van der Waals surface area contributed by atoms with Gasteiger partial charge in [-0.05, 0) is 11.6 Å². The van der Waals surface area contributed by atoms with Crippen molar-refractivity contribution in [3.8, 4) is 0 Å². The minimum absolute atomic E-state index is 0. The maximum atomic E-state index is 12.3. The van der Waals surface area contributed by atoms with Crippen molar-refractivity contribution in [2.75, 3.05) is 0 Å². The van der Waals surface area contributed by atoms with Crippen LogP contribution in [0.1, 0.15) is 26.3 Å². The van der Waals surface area contributed by atoms with Gasteiger partial charge in [-0.2, -0.15) is 4.57 Å². The maximum Gasteiger partial charge on any atom is 0.257 e. The molecule has 3 rings (SSSR count). The summed E-state index contributed by atoms with van der Waals surface area (Å²) < 4.78 is 1.73. The zero-order valence-corrected chi connectivity index (χ0v) is 15.7. The smallest absolute Gasteiger partial charge is 0.257 e. The van der Waals surface area contributed by atoms with Crippen molar-refractivity contribution in [1.82, 2.24) is 5.32 Å². The number of halogens is 1. The van der Waals surface area contributed by atoms with Gasteiger partial charge in [-0.3, -0.25) is 9.59 Å². The average molecular weight is 411 g/mol. The van der Waals surface area contributed by atoms with Crippen LogP contribution in [0, 0.1) is 0 Å². The van der Waals surface area contributed by atoms with E-state index < -0.39 is 0 Å². The predicted molar refractivity (Wildman–Crippen MR) is 95.0 cm³/mol. The quantitative estimate of drug-likeness (QED) is 0.451. The van der Waals surface area contributed by atoms with Crippen LogP contribution < -0.4 is 26.9 Å². The Bertz CT molecular complexity index is 867. The minimum atomic E-state index is -0.162. The largest absolute Gasteiger partial charge is 1.00 e. The summed E-state index contributed by atoms with van der Waals surface area (Å²) in [4.78, 5) is 24.6. The molecule has 1 heterocycles. The van der Waals surface area contributed by atoms with Gasteiger partial charge in [0.2, 0.25) is 12.3 Å². The molecule has 26 heavy (non-hydrogen) atoms. The number of benzene rings is 2. The first-order valence-electron chi connectivity index (χ1n) is 8.12. The van der Waals surface area contributed by atoms with E-state index in [1.807, 2.05) is 48.5 Å². The Morgan fingerprint density at radius 2 is 1.42 bits per heavy atom.